The normalized spacial score (nSPS) is 16.0. The second-order valence-electron chi connectivity index (χ2n) is 6.18. The lowest BCUT2D eigenvalue weighted by molar-refractivity contribution is -0.137. The number of halogens is 1. The van der Waals surface area contributed by atoms with Gasteiger partial charge < -0.3 is 15.7 Å². The monoisotopic (exact) mass is 377 g/mol. The smallest absolute Gasteiger partial charge is 0.315 e. The van der Waals surface area contributed by atoms with E-state index in [1.54, 1.807) is 12.1 Å². The van der Waals surface area contributed by atoms with Crippen molar-refractivity contribution < 1.29 is 19.1 Å². The Kier molecular flexibility index (Phi) is 5.82. The van der Waals surface area contributed by atoms with E-state index in [1.165, 1.54) is 23.5 Å². The Bertz CT molecular complexity index is 791. The van der Waals surface area contributed by atoms with E-state index in [9.17, 15) is 14.0 Å². The van der Waals surface area contributed by atoms with E-state index in [-0.39, 0.29) is 24.3 Å². The van der Waals surface area contributed by atoms with Gasteiger partial charge in [0.25, 0.3) is 0 Å². The molecule has 1 aliphatic carbocycles. The van der Waals surface area contributed by atoms with Crippen molar-refractivity contribution >= 4 is 23.3 Å². The predicted molar refractivity (Wildman–Crippen MR) is 96.6 cm³/mol. The fourth-order valence-corrected chi connectivity index (χ4v) is 4.13. The Hall–Kier alpha value is -2.48. The first-order valence-electron chi connectivity index (χ1n) is 8.54. The minimum atomic E-state index is -0.873. The molecule has 3 N–H and O–H groups in total. The summed E-state index contributed by atoms with van der Waals surface area (Å²) in [4.78, 5) is 28.2. The van der Waals surface area contributed by atoms with Crippen LogP contribution in [0.4, 0.5) is 9.18 Å². The number of hydrogen-bond acceptors (Lipinski definition) is 4. The number of aromatic nitrogens is 1. The standard InChI is InChI=1S/C18H20FN3O3S/c19-12-8-6-11(7-9-12)17-21-13-3-1-4-14(16(13)26-17)22-18(25)20-10-2-5-15(23)24/h6-9,14H,1-5,10H2,(H,23,24)(H2,20,22,25). The highest BCUT2D eigenvalue weighted by Gasteiger charge is 2.26. The van der Waals surface area contributed by atoms with Gasteiger partial charge in [-0.1, -0.05) is 0 Å². The lowest BCUT2D eigenvalue weighted by atomic mass is 9.98. The summed E-state index contributed by atoms with van der Waals surface area (Å²) in [5.74, 6) is -1.16. The first kappa shape index (κ1) is 18.3. The van der Waals surface area contributed by atoms with Crippen molar-refractivity contribution in [2.75, 3.05) is 6.54 Å². The second-order valence-corrected chi connectivity index (χ2v) is 7.21. The molecule has 138 valence electrons. The highest BCUT2D eigenvalue weighted by molar-refractivity contribution is 7.15. The molecule has 1 atom stereocenters. The van der Waals surface area contributed by atoms with Gasteiger partial charge in [-0.3, -0.25) is 4.79 Å². The molecule has 2 aromatic rings. The molecule has 3 rings (SSSR count). The van der Waals surface area contributed by atoms with E-state index in [4.69, 9.17) is 5.11 Å². The lowest BCUT2D eigenvalue weighted by Crippen LogP contribution is -2.39. The van der Waals surface area contributed by atoms with Crippen molar-refractivity contribution in [2.45, 2.75) is 38.1 Å². The van der Waals surface area contributed by atoms with Crippen molar-refractivity contribution in [3.63, 3.8) is 0 Å². The van der Waals surface area contributed by atoms with Gasteiger partial charge in [0.05, 0.1) is 16.6 Å². The number of carbonyl (C=O) groups excluding carboxylic acids is 1. The van der Waals surface area contributed by atoms with Crippen molar-refractivity contribution in [3.8, 4) is 10.6 Å². The molecule has 0 saturated heterocycles. The maximum atomic E-state index is 13.1. The van der Waals surface area contributed by atoms with Crippen LogP contribution in [0.25, 0.3) is 10.6 Å². The van der Waals surface area contributed by atoms with E-state index in [2.05, 4.69) is 15.6 Å². The Balaban J connectivity index is 1.64. The summed E-state index contributed by atoms with van der Waals surface area (Å²) < 4.78 is 13.1. The molecule has 1 unspecified atom stereocenters. The fourth-order valence-electron chi connectivity index (χ4n) is 2.92. The number of thiazole rings is 1. The van der Waals surface area contributed by atoms with E-state index in [0.717, 1.165) is 40.4 Å². The molecule has 0 bridgehead atoms. The van der Waals surface area contributed by atoms with Crippen LogP contribution in [-0.4, -0.2) is 28.6 Å². The highest BCUT2D eigenvalue weighted by atomic mass is 32.1. The minimum Gasteiger partial charge on any atom is -0.481 e. The molecule has 1 aromatic carbocycles. The molecule has 26 heavy (non-hydrogen) atoms. The maximum Gasteiger partial charge on any atom is 0.315 e. The Morgan fingerprint density at radius 3 is 2.81 bits per heavy atom. The molecule has 1 heterocycles. The van der Waals surface area contributed by atoms with E-state index >= 15 is 0 Å². The largest absolute Gasteiger partial charge is 0.481 e. The molecule has 0 aliphatic heterocycles. The average molecular weight is 377 g/mol. The molecule has 0 fully saturated rings. The minimum absolute atomic E-state index is 0.0315. The van der Waals surface area contributed by atoms with E-state index < -0.39 is 5.97 Å². The highest BCUT2D eigenvalue weighted by Crippen LogP contribution is 2.37. The van der Waals surface area contributed by atoms with E-state index in [0.29, 0.717) is 13.0 Å². The second kappa shape index (κ2) is 8.27. The summed E-state index contributed by atoms with van der Waals surface area (Å²) in [6.45, 7) is 0.321. The Morgan fingerprint density at radius 2 is 2.08 bits per heavy atom. The molecule has 0 saturated carbocycles. The number of carbonyl (C=O) groups is 2. The number of benzene rings is 1. The number of amides is 2. The number of aryl methyl sites for hydroxylation is 1. The number of nitrogens with zero attached hydrogens (tertiary/aromatic N) is 1. The van der Waals surface area contributed by atoms with Gasteiger partial charge in [0.1, 0.15) is 10.8 Å². The molecule has 8 heteroatoms. The van der Waals surface area contributed by atoms with Crippen LogP contribution >= 0.6 is 11.3 Å². The van der Waals surface area contributed by atoms with Crippen molar-refractivity contribution in [1.82, 2.24) is 15.6 Å². The Labute approximate surface area is 154 Å². The Morgan fingerprint density at radius 1 is 1.31 bits per heavy atom. The molecule has 1 aliphatic rings. The van der Waals surface area contributed by atoms with Crippen molar-refractivity contribution in [1.29, 1.82) is 0 Å². The first-order chi connectivity index (χ1) is 12.5. The summed E-state index contributed by atoms with van der Waals surface area (Å²) in [6, 6.07) is 5.83. The SMILES string of the molecule is O=C(O)CCCNC(=O)NC1CCCc2nc(-c3ccc(F)cc3)sc21. The third-order valence-corrected chi connectivity index (χ3v) is 5.46. The third kappa shape index (κ3) is 4.57. The van der Waals surface area contributed by atoms with Crippen molar-refractivity contribution in [3.05, 3.63) is 40.7 Å². The number of hydrogen-bond donors (Lipinski definition) is 3. The summed E-state index contributed by atoms with van der Waals surface area (Å²) >= 11 is 1.52. The van der Waals surface area contributed by atoms with Gasteiger partial charge in [-0.15, -0.1) is 11.3 Å². The van der Waals surface area contributed by atoms with Crippen LogP contribution in [0.5, 0.6) is 0 Å². The van der Waals surface area contributed by atoms with Crippen LogP contribution in [0.1, 0.15) is 42.3 Å². The van der Waals surface area contributed by atoms with Gasteiger partial charge >= 0.3 is 12.0 Å². The van der Waals surface area contributed by atoms with Gasteiger partial charge in [-0.25, -0.2) is 14.2 Å². The summed E-state index contributed by atoms with van der Waals surface area (Å²) in [7, 11) is 0. The zero-order chi connectivity index (χ0) is 18.5. The third-order valence-electron chi connectivity index (χ3n) is 4.20. The van der Waals surface area contributed by atoms with Gasteiger partial charge in [-0.2, -0.15) is 0 Å². The van der Waals surface area contributed by atoms with Crippen LogP contribution in [0.2, 0.25) is 0 Å². The predicted octanol–water partition coefficient (Wildman–Crippen LogP) is 3.49. The lowest BCUT2D eigenvalue weighted by Gasteiger charge is -2.22. The fraction of sp³-hybridized carbons (Fsp3) is 0.389. The van der Waals surface area contributed by atoms with Crippen LogP contribution in [0.3, 0.4) is 0 Å². The average Bonchev–Trinajstić information content (AvgIpc) is 3.04. The zero-order valence-electron chi connectivity index (χ0n) is 14.1. The van der Waals surface area contributed by atoms with Crippen molar-refractivity contribution in [2.24, 2.45) is 0 Å². The van der Waals surface area contributed by atoms with Gasteiger partial charge in [-0.05, 0) is 49.9 Å². The first-order valence-corrected chi connectivity index (χ1v) is 9.36. The molecule has 2 amide bonds. The summed E-state index contributed by atoms with van der Waals surface area (Å²) in [5, 5.41) is 15.1. The molecule has 6 nitrogen and oxygen atoms in total. The van der Waals surface area contributed by atoms with Gasteiger partial charge in [0.2, 0.25) is 0 Å². The molecule has 0 radical (unpaired) electrons. The number of carboxylic acids is 1. The maximum absolute atomic E-state index is 13.1. The number of fused-ring (bicyclic) bond motifs is 1. The quantitative estimate of drug-likeness (QED) is 0.672. The summed E-state index contributed by atoms with van der Waals surface area (Å²) in [6.07, 6.45) is 3.06. The number of rotatable bonds is 6. The van der Waals surface area contributed by atoms with Crippen LogP contribution in [-0.2, 0) is 11.2 Å². The zero-order valence-corrected chi connectivity index (χ0v) is 14.9. The topological polar surface area (TPSA) is 91.3 Å². The van der Waals surface area contributed by atoms with Crippen LogP contribution < -0.4 is 10.6 Å². The summed E-state index contributed by atoms with van der Waals surface area (Å²) in [5.41, 5.74) is 1.85. The molecule has 0 spiro atoms. The van der Waals surface area contributed by atoms with Gasteiger partial charge in [0.15, 0.2) is 0 Å². The molecular formula is C18H20FN3O3S. The molecule has 1 aromatic heterocycles. The van der Waals surface area contributed by atoms with Crippen LogP contribution in [0, 0.1) is 5.82 Å². The van der Waals surface area contributed by atoms with E-state index in [1.807, 2.05) is 0 Å². The van der Waals surface area contributed by atoms with Crippen LogP contribution in [0.15, 0.2) is 24.3 Å². The molecular weight excluding hydrogens is 357 g/mol. The number of aliphatic carboxylic acids is 1. The number of carboxylic acid groups (broad SMARTS) is 1. The van der Waals surface area contributed by atoms with Gasteiger partial charge in [0, 0.05) is 18.5 Å². The number of nitrogens with one attached hydrogen (secondary N) is 2. The number of urea groups is 1.